The van der Waals surface area contributed by atoms with E-state index in [0.717, 1.165) is 45.6 Å². The lowest BCUT2D eigenvalue weighted by molar-refractivity contribution is -0.144. The monoisotopic (exact) mass is 269 g/mol. The second kappa shape index (κ2) is 7.25. The minimum absolute atomic E-state index is 0.179. The molecule has 0 aliphatic carbocycles. The second-order valence-electron chi connectivity index (χ2n) is 6.33. The molecule has 1 fully saturated rings. The molecule has 1 rings (SSSR count). The number of carbonyl (C=O) groups is 1. The average Bonchev–Trinajstić information content (AvgIpc) is 2.83. The highest BCUT2D eigenvalue weighted by atomic mass is 16.2. The largest absolute Gasteiger partial charge is 0.341 e. The zero-order valence-electron chi connectivity index (χ0n) is 13.3. The predicted octanol–water partition coefficient (Wildman–Crippen LogP) is 1.42. The van der Waals surface area contributed by atoms with E-state index in [0.29, 0.717) is 11.8 Å². The molecule has 1 aliphatic rings. The fourth-order valence-corrected chi connectivity index (χ4v) is 2.85. The first-order valence-corrected chi connectivity index (χ1v) is 7.59. The normalized spacial score (nSPS) is 23.3. The summed E-state index contributed by atoms with van der Waals surface area (Å²) in [6.45, 7) is 11.0. The summed E-state index contributed by atoms with van der Waals surface area (Å²) in [6.07, 6.45) is 2.01. The van der Waals surface area contributed by atoms with Crippen LogP contribution >= 0.6 is 0 Å². The Kier molecular flexibility index (Phi) is 6.27. The SMILES string of the molecule is CCCN(CCN(C)C)C(=O)C1(C(C)C)CCNC1. The maximum Gasteiger partial charge on any atom is 0.230 e. The Labute approximate surface area is 118 Å². The van der Waals surface area contributed by atoms with Crippen LogP contribution < -0.4 is 5.32 Å². The van der Waals surface area contributed by atoms with Crippen molar-refractivity contribution in [2.75, 3.05) is 46.8 Å². The van der Waals surface area contributed by atoms with Crippen LogP contribution in [0.4, 0.5) is 0 Å². The molecule has 1 N–H and O–H groups in total. The number of hydrogen-bond donors (Lipinski definition) is 1. The Hall–Kier alpha value is -0.610. The minimum Gasteiger partial charge on any atom is -0.341 e. The maximum absolute atomic E-state index is 13.0. The van der Waals surface area contributed by atoms with Gasteiger partial charge >= 0.3 is 0 Å². The van der Waals surface area contributed by atoms with Crippen LogP contribution in [0.5, 0.6) is 0 Å². The highest BCUT2D eigenvalue weighted by molar-refractivity contribution is 5.83. The number of carbonyl (C=O) groups excluding carboxylic acids is 1. The molecule has 0 spiro atoms. The predicted molar refractivity (Wildman–Crippen MR) is 80.2 cm³/mol. The quantitative estimate of drug-likeness (QED) is 0.759. The highest BCUT2D eigenvalue weighted by Gasteiger charge is 2.45. The molecule has 0 aromatic rings. The van der Waals surface area contributed by atoms with Gasteiger partial charge < -0.3 is 15.1 Å². The molecule has 19 heavy (non-hydrogen) atoms. The minimum atomic E-state index is -0.179. The molecule has 1 unspecified atom stereocenters. The van der Waals surface area contributed by atoms with Crippen molar-refractivity contribution in [2.24, 2.45) is 11.3 Å². The third kappa shape index (κ3) is 3.93. The van der Waals surface area contributed by atoms with Crippen molar-refractivity contribution in [2.45, 2.75) is 33.6 Å². The second-order valence-corrected chi connectivity index (χ2v) is 6.33. The molecule has 1 aliphatic heterocycles. The van der Waals surface area contributed by atoms with E-state index >= 15 is 0 Å². The van der Waals surface area contributed by atoms with Crippen molar-refractivity contribution >= 4 is 5.91 Å². The number of nitrogens with zero attached hydrogens (tertiary/aromatic N) is 2. The van der Waals surface area contributed by atoms with E-state index in [1.165, 1.54) is 0 Å². The number of nitrogens with one attached hydrogen (secondary N) is 1. The molecule has 0 aromatic heterocycles. The van der Waals surface area contributed by atoms with E-state index in [4.69, 9.17) is 0 Å². The van der Waals surface area contributed by atoms with Crippen LogP contribution in [0.1, 0.15) is 33.6 Å². The van der Waals surface area contributed by atoms with Gasteiger partial charge in [-0.1, -0.05) is 20.8 Å². The van der Waals surface area contributed by atoms with Gasteiger partial charge in [-0.3, -0.25) is 4.79 Å². The molecule has 0 bridgehead atoms. The number of likely N-dealkylation sites (N-methyl/N-ethyl adjacent to an activating group) is 1. The molecule has 0 saturated carbocycles. The molecule has 112 valence electrons. The third-order valence-electron chi connectivity index (χ3n) is 4.32. The Bertz CT molecular complexity index is 283. The van der Waals surface area contributed by atoms with Crippen molar-refractivity contribution in [3.05, 3.63) is 0 Å². The van der Waals surface area contributed by atoms with Gasteiger partial charge in [-0.15, -0.1) is 0 Å². The van der Waals surface area contributed by atoms with Gasteiger partial charge in [0.15, 0.2) is 0 Å². The summed E-state index contributed by atoms with van der Waals surface area (Å²) >= 11 is 0. The number of hydrogen-bond acceptors (Lipinski definition) is 3. The molecule has 0 aromatic carbocycles. The highest BCUT2D eigenvalue weighted by Crippen LogP contribution is 2.36. The number of amides is 1. The lowest BCUT2D eigenvalue weighted by atomic mass is 9.75. The molecular formula is C15H31N3O. The van der Waals surface area contributed by atoms with Crippen LogP contribution in [0.15, 0.2) is 0 Å². The zero-order valence-corrected chi connectivity index (χ0v) is 13.3. The Morgan fingerprint density at radius 2 is 1.95 bits per heavy atom. The van der Waals surface area contributed by atoms with Crippen LogP contribution in [0.2, 0.25) is 0 Å². The summed E-state index contributed by atoms with van der Waals surface area (Å²) in [5.41, 5.74) is -0.179. The summed E-state index contributed by atoms with van der Waals surface area (Å²) in [7, 11) is 4.12. The van der Waals surface area contributed by atoms with E-state index in [-0.39, 0.29) is 5.41 Å². The molecule has 4 heteroatoms. The van der Waals surface area contributed by atoms with Crippen LogP contribution in [0.3, 0.4) is 0 Å². The summed E-state index contributed by atoms with van der Waals surface area (Å²) in [5.74, 6) is 0.755. The molecule has 1 heterocycles. The Morgan fingerprint density at radius 1 is 1.26 bits per heavy atom. The van der Waals surface area contributed by atoms with Crippen molar-refractivity contribution in [3.8, 4) is 0 Å². The lowest BCUT2D eigenvalue weighted by Crippen LogP contribution is -2.50. The Morgan fingerprint density at radius 3 is 2.37 bits per heavy atom. The van der Waals surface area contributed by atoms with Crippen molar-refractivity contribution in [1.82, 2.24) is 15.1 Å². The van der Waals surface area contributed by atoms with E-state index in [2.05, 4.69) is 50.0 Å². The molecular weight excluding hydrogens is 238 g/mol. The van der Waals surface area contributed by atoms with E-state index in [1.807, 2.05) is 0 Å². The van der Waals surface area contributed by atoms with Gasteiger partial charge in [0.2, 0.25) is 5.91 Å². The van der Waals surface area contributed by atoms with Gasteiger partial charge in [-0.05, 0) is 39.4 Å². The summed E-state index contributed by atoms with van der Waals surface area (Å²) < 4.78 is 0. The topological polar surface area (TPSA) is 35.6 Å². The van der Waals surface area contributed by atoms with E-state index in [9.17, 15) is 4.79 Å². The van der Waals surface area contributed by atoms with Crippen LogP contribution in [0.25, 0.3) is 0 Å². The lowest BCUT2D eigenvalue weighted by Gasteiger charge is -2.37. The van der Waals surface area contributed by atoms with Gasteiger partial charge in [0.25, 0.3) is 0 Å². The smallest absolute Gasteiger partial charge is 0.230 e. The fraction of sp³-hybridized carbons (Fsp3) is 0.933. The van der Waals surface area contributed by atoms with Crippen LogP contribution in [0, 0.1) is 11.3 Å². The summed E-state index contributed by atoms with van der Waals surface area (Å²) in [5, 5.41) is 3.38. The fourth-order valence-electron chi connectivity index (χ4n) is 2.85. The average molecular weight is 269 g/mol. The first kappa shape index (κ1) is 16.4. The van der Waals surface area contributed by atoms with Crippen molar-refractivity contribution in [1.29, 1.82) is 0 Å². The van der Waals surface area contributed by atoms with Crippen molar-refractivity contribution in [3.63, 3.8) is 0 Å². The standard InChI is InChI=1S/C15H31N3O/c1-6-9-18(11-10-17(4)5)14(19)15(13(2)3)7-8-16-12-15/h13,16H,6-12H2,1-5H3. The molecule has 1 saturated heterocycles. The van der Waals surface area contributed by atoms with Gasteiger partial charge in [0, 0.05) is 26.2 Å². The van der Waals surface area contributed by atoms with Crippen molar-refractivity contribution < 1.29 is 4.79 Å². The van der Waals surface area contributed by atoms with Gasteiger partial charge in [-0.2, -0.15) is 0 Å². The molecule has 1 amide bonds. The van der Waals surface area contributed by atoms with Crippen LogP contribution in [-0.4, -0.2) is 62.5 Å². The van der Waals surface area contributed by atoms with Gasteiger partial charge in [-0.25, -0.2) is 0 Å². The molecule has 0 radical (unpaired) electrons. The third-order valence-corrected chi connectivity index (χ3v) is 4.32. The molecule has 1 atom stereocenters. The van der Waals surface area contributed by atoms with Gasteiger partial charge in [0.05, 0.1) is 5.41 Å². The summed E-state index contributed by atoms with van der Waals surface area (Å²) in [4.78, 5) is 17.2. The van der Waals surface area contributed by atoms with E-state index < -0.39 is 0 Å². The number of rotatable bonds is 7. The maximum atomic E-state index is 13.0. The first-order valence-electron chi connectivity index (χ1n) is 7.59. The Balaban J connectivity index is 2.78. The van der Waals surface area contributed by atoms with E-state index in [1.54, 1.807) is 0 Å². The first-order chi connectivity index (χ1) is 8.94. The summed E-state index contributed by atoms with van der Waals surface area (Å²) in [6, 6.07) is 0. The van der Waals surface area contributed by atoms with Gasteiger partial charge in [0.1, 0.15) is 0 Å². The zero-order chi connectivity index (χ0) is 14.5. The van der Waals surface area contributed by atoms with Crippen LogP contribution in [-0.2, 0) is 4.79 Å². The molecule has 4 nitrogen and oxygen atoms in total.